The van der Waals surface area contributed by atoms with Crippen LogP contribution in [0, 0.1) is 18.3 Å². The summed E-state index contributed by atoms with van der Waals surface area (Å²) in [5.74, 6) is -0.802. The second-order valence-electron chi connectivity index (χ2n) is 7.87. The predicted octanol–water partition coefficient (Wildman–Crippen LogP) is 3.31. The van der Waals surface area contributed by atoms with E-state index in [4.69, 9.17) is 0 Å². The number of aliphatic carboxylic acids is 1. The van der Waals surface area contributed by atoms with Gasteiger partial charge in [-0.3, -0.25) is 14.4 Å². The van der Waals surface area contributed by atoms with Gasteiger partial charge >= 0.3 is 5.97 Å². The minimum atomic E-state index is -0.895. The number of likely N-dealkylation sites (tertiary alicyclic amines) is 1. The monoisotopic (exact) mass is 360 g/mol. The number of carbonyl (C=O) groups is 3. The second kappa shape index (κ2) is 7.89. The zero-order chi connectivity index (χ0) is 19.5. The van der Waals surface area contributed by atoms with Crippen molar-refractivity contribution in [3.63, 3.8) is 0 Å². The van der Waals surface area contributed by atoms with Crippen LogP contribution >= 0.6 is 0 Å². The summed E-state index contributed by atoms with van der Waals surface area (Å²) in [6.45, 7) is 8.28. The van der Waals surface area contributed by atoms with Gasteiger partial charge in [-0.15, -0.1) is 0 Å². The van der Waals surface area contributed by atoms with Crippen molar-refractivity contribution in [3.8, 4) is 0 Å². The van der Waals surface area contributed by atoms with E-state index in [1.54, 1.807) is 30.0 Å². The molecule has 0 radical (unpaired) electrons. The van der Waals surface area contributed by atoms with Gasteiger partial charge in [0.2, 0.25) is 5.91 Å². The van der Waals surface area contributed by atoms with Gasteiger partial charge in [-0.25, -0.2) is 0 Å². The van der Waals surface area contributed by atoms with Crippen molar-refractivity contribution < 1.29 is 19.5 Å². The average molecular weight is 360 g/mol. The number of piperidine rings is 1. The number of rotatable bonds is 5. The number of benzene rings is 1. The number of amides is 2. The van der Waals surface area contributed by atoms with E-state index in [-0.39, 0.29) is 24.3 Å². The molecular weight excluding hydrogens is 332 g/mol. The number of anilines is 1. The molecule has 2 N–H and O–H groups in total. The Kier molecular flexibility index (Phi) is 6.05. The number of carboxylic acids is 1. The zero-order valence-corrected chi connectivity index (χ0v) is 16.0. The summed E-state index contributed by atoms with van der Waals surface area (Å²) in [4.78, 5) is 37.8. The highest BCUT2D eigenvalue weighted by atomic mass is 16.4. The maximum Gasteiger partial charge on any atom is 0.311 e. The van der Waals surface area contributed by atoms with Crippen molar-refractivity contribution in [2.45, 2.75) is 47.0 Å². The maximum atomic E-state index is 12.8. The molecule has 0 aliphatic carbocycles. The molecule has 26 heavy (non-hydrogen) atoms. The van der Waals surface area contributed by atoms with Crippen LogP contribution in [0.2, 0.25) is 0 Å². The van der Waals surface area contributed by atoms with Gasteiger partial charge in [-0.1, -0.05) is 13.8 Å². The maximum absolute atomic E-state index is 12.8. The molecule has 6 heteroatoms. The first-order chi connectivity index (χ1) is 12.1. The van der Waals surface area contributed by atoms with Gasteiger partial charge in [0.1, 0.15) is 0 Å². The fourth-order valence-corrected chi connectivity index (χ4v) is 3.28. The molecule has 0 spiro atoms. The van der Waals surface area contributed by atoms with Crippen molar-refractivity contribution in [1.82, 2.24) is 4.90 Å². The zero-order valence-electron chi connectivity index (χ0n) is 16.0. The van der Waals surface area contributed by atoms with Crippen LogP contribution in [0.25, 0.3) is 0 Å². The van der Waals surface area contributed by atoms with Gasteiger partial charge in [-0.2, -0.15) is 0 Å². The topological polar surface area (TPSA) is 86.7 Å². The number of carbonyl (C=O) groups excluding carboxylic acids is 2. The molecule has 1 aromatic rings. The van der Waals surface area contributed by atoms with E-state index in [1.807, 2.05) is 20.8 Å². The normalized spacial score (nSPS) is 20.1. The lowest BCUT2D eigenvalue weighted by molar-refractivity contribution is -0.150. The molecule has 1 saturated heterocycles. The van der Waals surface area contributed by atoms with Crippen molar-refractivity contribution in [1.29, 1.82) is 0 Å². The molecule has 1 aliphatic rings. The first-order valence-corrected chi connectivity index (χ1v) is 9.05. The minimum absolute atomic E-state index is 0.0459. The van der Waals surface area contributed by atoms with E-state index >= 15 is 0 Å². The number of nitrogens with zero attached hydrogens (tertiary/aromatic N) is 1. The van der Waals surface area contributed by atoms with Crippen LogP contribution < -0.4 is 5.32 Å². The van der Waals surface area contributed by atoms with E-state index < -0.39 is 11.4 Å². The van der Waals surface area contributed by atoms with Gasteiger partial charge in [0.05, 0.1) is 5.41 Å². The quantitative estimate of drug-likeness (QED) is 0.843. The Morgan fingerprint density at radius 1 is 1.31 bits per heavy atom. The van der Waals surface area contributed by atoms with Gasteiger partial charge in [0.15, 0.2) is 0 Å². The number of hydrogen-bond donors (Lipinski definition) is 2. The Bertz CT molecular complexity index is 714. The molecular formula is C20H28N2O4. The second-order valence-corrected chi connectivity index (χ2v) is 7.87. The SMILES string of the molecule is Cc1cc(C(=O)N2CCCC(C)(C(=O)O)C2)ccc1NC(=O)CC(C)C. The lowest BCUT2D eigenvalue weighted by Crippen LogP contribution is -2.48. The summed E-state index contributed by atoms with van der Waals surface area (Å²) >= 11 is 0. The van der Waals surface area contributed by atoms with Crippen LogP contribution in [0.5, 0.6) is 0 Å². The van der Waals surface area contributed by atoms with Crippen LogP contribution in [0.1, 0.15) is 56.0 Å². The molecule has 1 atom stereocenters. The van der Waals surface area contributed by atoms with Crippen molar-refractivity contribution in [3.05, 3.63) is 29.3 Å². The van der Waals surface area contributed by atoms with E-state index in [9.17, 15) is 19.5 Å². The molecule has 142 valence electrons. The molecule has 6 nitrogen and oxygen atoms in total. The van der Waals surface area contributed by atoms with E-state index in [2.05, 4.69) is 5.32 Å². The van der Waals surface area contributed by atoms with E-state index in [1.165, 1.54) is 0 Å². The van der Waals surface area contributed by atoms with Gasteiger partial charge in [0, 0.05) is 30.8 Å². The lowest BCUT2D eigenvalue weighted by atomic mass is 9.82. The molecule has 2 amide bonds. The molecule has 0 saturated carbocycles. The van der Waals surface area contributed by atoms with Crippen LogP contribution in [0.4, 0.5) is 5.69 Å². The number of carboxylic acid groups (broad SMARTS) is 1. The Balaban J connectivity index is 2.11. The largest absolute Gasteiger partial charge is 0.481 e. The highest BCUT2D eigenvalue weighted by molar-refractivity contribution is 5.97. The van der Waals surface area contributed by atoms with Crippen molar-refractivity contribution in [2.24, 2.45) is 11.3 Å². The van der Waals surface area contributed by atoms with Gasteiger partial charge in [-0.05, 0) is 56.4 Å². The molecule has 2 rings (SSSR count). The highest BCUT2D eigenvalue weighted by Gasteiger charge is 2.39. The van der Waals surface area contributed by atoms with Crippen molar-refractivity contribution in [2.75, 3.05) is 18.4 Å². The molecule has 1 fully saturated rings. The fraction of sp³-hybridized carbons (Fsp3) is 0.550. The molecule has 1 aromatic carbocycles. The third kappa shape index (κ3) is 4.62. The predicted molar refractivity (Wildman–Crippen MR) is 100 cm³/mol. The molecule has 1 heterocycles. The average Bonchev–Trinajstić information content (AvgIpc) is 2.55. The molecule has 1 aliphatic heterocycles. The highest BCUT2D eigenvalue weighted by Crippen LogP contribution is 2.30. The molecule has 1 unspecified atom stereocenters. The number of aryl methyl sites for hydroxylation is 1. The minimum Gasteiger partial charge on any atom is -0.481 e. The smallest absolute Gasteiger partial charge is 0.311 e. The molecule has 0 bridgehead atoms. The summed E-state index contributed by atoms with van der Waals surface area (Å²) in [6, 6.07) is 5.17. The van der Waals surface area contributed by atoms with Gasteiger partial charge < -0.3 is 15.3 Å². The van der Waals surface area contributed by atoms with Crippen LogP contribution in [-0.2, 0) is 9.59 Å². The fourth-order valence-electron chi connectivity index (χ4n) is 3.28. The molecule has 0 aromatic heterocycles. The Morgan fingerprint density at radius 3 is 2.58 bits per heavy atom. The van der Waals surface area contributed by atoms with E-state index in [0.29, 0.717) is 37.1 Å². The summed E-state index contributed by atoms with van der Waals surface area (Å²) in [7, 11) is 0. The first kappa shape index (κ1) is 19.9. The van der Waals surface area contributed by atoms with Crippen molar-refractivity contribution >= 4 is 23.5 Å². The van der Waals surface area contributed by atoms with Crippen LogP contribution in [-0.4, -0.2) is 40.9 Å². The lowest BCUT2D eigenvalue weighted by Gasteiger charge is -2.37. The summed E-state index contributed by atoms with van der Waals surface area (Å²) in [5.41, 5.74) is 1.12. The Hall–Kier alpha value is -2.37. The Labute approximate surface area is 154 Å². The number of nitrogens with one attached hydrogen (secondary N) is 1. The summed E-state index contributed by atoms with van der Waals surface area (Å²) < 4.78 is 0. The third-order valence-electron chi connectivity index (χ3n) is 4.84. The summed E-state index contributed by atoms with van der Waals surface area (Å²) in [6.07, 6.45) is 1.70. The van der Waals surface area contributed by atoms with Crippen LogP contribution in [0.15, 0.2) is 18.2 Å². The number of hydrogen-bond acceptors (Lipinski definition) is 3. The first-order valence-electron chi connectivity index (χ1n) is 9.05. The Morgan fingerprint density at radius 2 is 2.00 bits per heavy atom. The van der Waals surface area contributed by atoms with Crippen LogP contribution in [0.3, 0.4) is 0 Å². The van der Waals surface area contributed by atoms with Gasteiger partial charge in [0.25, 0.3) is 5.91 Å². The third-order valence-corrected chi connectivity index (χ3v) is 4.84. The summed E-state index contributed by atoms with van der Waals surface area (Å²) in [5, 5.41) is 12.3. The standard InChI is InChI=1S/C20H28N2O4/c1-13(2)10-17(23)21-16-7-6-15(11-14(16)3)18(24)22-9-5-8-20(4,12-22)19(25)26/h6-7,11,13H,5,8-10,12H2,1-4H3,(H,21,23)(H,25,26). The van der Waals surface area contributed by atoms with E-state index in [0.717, 1.165) is 5.56 Å².